The van der Waals surface area contributed by atoms with Gasteiger partial charge < -0.3 is 10.6 Å². The Balaban J connectivity index is 1.88. The van der Waals surface area contributed by atoms with Crippen molar-refractivity contribution in [3.8, 4) is 0 Å². The number of nitrogens with zero attached hydrogens (tertiary/aromatic N) is 2. The van der Waals surface area contributed by atoms with Gasteiger partial charge in [0.25, 0.3) is 0 Å². The Morgan fingerprint density at radius 3 is 2.89 bits per heavy atom. The van der Waals surface area contributed by atoms with Crippen LogP contribution >= 0.6 is 0 Å². The van der Waals surface area contributed by atoms with E-state index in [9.17, 15) is 0 Å². The highest BCUT2D eigenvalue weighted by atomic mass is 15.0. The van der Waals surface area contributed by atoms with E-state index < -0.39 is 0 Å². The van der Waals surface area contributed by atoms with Gasteiger partial charge in [0, 0.05) is 6.54 Å². The van der Waals surface area contributed by atoms with Gasteiger partial charge in [-0.15, -0.1) is 0 Å². The molecular weight excluding hydrogens is 224 g/mol. The first-order valence-electron chi connectivity index (χ1n) is 6.23. The highest BCUT2D eigenvalue weighted by Crippen LogP contribution is 2.26. The average Bonchev–Trinajstić information content (AvgIpc) is 2.63. The van der Waals surface area contributed by atoms with Crippen LogP contribution in [0.25, 0.3) is 0 Å². The summed E-state index contributed by atoms with van der Waals surface area (Å²) in [5.41, 5.74) is 3.70. The van der Waals surface area contributed by atoms with Crippen LogP contribution in [0.3, 0.4) is 0 Å². The lowest BCUT2D eigenvalue weighted by atomic mass is 9.99. The lowest BCUT2D eigenvalue weighted by Gasteiger charge is -2.19. The molecule has 1 aromatic heterocycles. The molecule has 1 unspecified atom stereocenters. The molecule has 2 N–H and O–H groups in total. The van der Waals surface area contributed by atoms with Gasteiger partial charge in [-0.3, -0.25) is 0 Å². The lowest BCUT2D eigenvalue weighted by molar-refractivity contribution is 0.636. The third-order valence-corrected chi connectivity index (χ3v) is 3.26. The van der Waals surface area contributed by atoms with Crippen LogP contribution in [-0.2, 0) is 6.54 Å². The van der Waals surface area contributed by atoms with Crippen LogP contribution in [0.2, 0.25) is 0 Å². The monoisotopic (exact) mass is 240 g/mol. The molecule has 0 radical (unpaired) electrons. The van der Waals surface area contributed by atoms with Gasteiger partial charge in [-0.2, -0.15) is 0 Å². The van der Waals surface area contributed by atoms with E-state index >= 15 is 0 Å². The van der Waals surface area contributed by atoms with E-state index in [2.05, 4.69) is 44.9 Å². The summed E-state index contributed by atoms with van der Waals surface area (Å²) in [6.45, 7) is 1.96. The summed E-state index contributed by atoms with van der Waals surface area (Å²) in [5, 5.41) is 6.96. The zero-order chi connectivity index (χ0) is 12.2. The van der Waals surface area contributed by atoms with Crippen LogP contribution in [0.15, 0.2) is 43.0 Å². The summed E-state index contributed by atoms with van der Waals surface area (Å²) in [6.07, 6.45) is 6.24. The predicted molar refractivity (Wildman–Crippen MR) is 71.2 cm³/mol. The van der Waals surface area contributed by atoms with Gasteiger partial charge in [-0.05, 0) is 24.1 Å². The third kappa shape index (κ3) is 2.33. The fourth-order valence-electron chi connectivity index (χ4n) is 2.38. The van der Waals surface area contributed by atoms with E-state index in [1.807, 2.05) is 12.4 Å². The van der Waals surface area contributed by atoms with E-state index in [0.29, 0.717) is 6.04 Å². The van der Waals surface area contributed by atoms with Crippen LogP contribution in [0.1, 0.15) is 23.6 Å². The van der Waals surface area contributed by atoms with Crippen LogP contribution in [0, 0.1) is 0 Å². The second kappa shape index (κ2) is 5.14. The van der Waals surface area contributed by atoms with Gasteiger partial charge in [-0.1, -0.05) is 24.3 Å². The molecule has 0 spiro atoms. The maximum Gasteiger partial charge on any atom is 0.115 e. The summed E-state index contributed by atoms with van der Waals surface area (Å²) in [6, 6.07) is 8.89. The zero-order valence-corrected chi connectivity index (χ0v) is 10.1. The Labute approximate surface area is 106 Å². The van der Waals surface area contributed by atoms with Crippen molar-refractivity contribution in [3.05, 3.63) is 54.1 Å². The zero-order valence-electron chi connectivity index (χ0n) is 10.1. The van der Waals surface area contributed by atoms with Crippen LogP contribution in [-0.4, -0.2) is 16.5 Å². The maximum atomic E-state index is 4.04. The molecule has 92 valence electrons. The molecule has 0 amide bonds. The molecule has 0 saturated carbocycles. The lowest BCUT2D eigenvalue weighted by Crippen LogP contribution is -2.15. The first-order chi connectivity index (χ1) is 8.93. The second-order valence-corrected chi connectivity index (χ2v) is 4.49. The molecule has 1 aromatic carbocycles. The molecule has 3 rings (SSSR count). The van der Waals surface area contributed by atoms with Crippen molar-refractivity contribution >= 4 is 5.69 Å². The Morgan fingerprint density at radius 1 is 1.17 bits per heavy atom. The number of benzene rings is 1. The van der Waals surface area contributed by atoms with Crippen molar-refractivity contribution in [2.24, 2.45) is 0 Å². The molecule has 4 heteroatoms. The third-order valence-electron chi connectivity index (χ3n) is 3.26. The van der Waals surface area contributed by atoms with E-state index in [1.54, 1.807) is 6.33 Å². The fourth-order valence-corrected chi connectivity index (χ4v) is 2.38. The van der Waals surface area contributed by atoms with Gasteiger partial charge in [0.2, 0.25) is 0 Å². The number of anilines is 1. The molecule has 0 saturated heterocycles. The van der Waals surface area contributed by atoms with Gasteiger partial charge in [0.1, 0.15) is 6.33 Å². The first kappa shape index (κ1) is 11.2. The van der Waals surface area contributed by atoms with Gasteiger partial charge in [0.15, 0.2) is 0 Å². The Morgan fingerprint density at radius 2 is 2.00 bits per heavy atom. The van der Waals surface area contributed by atoms with Crippen molar-refractivity contribution in [1.29, 1.82) is 0 Å². The van der Waals surface area contributed by atoms with Gasteiger partial charge in [0.05, 0.1) is 24.1 Å². The molecular formula is C14H16N4. The smallest absolute Gasteiger partial charge is 0.115 e. The normalized spacial score (nSPS) is 18.8. The number of hydrogen-bond acceptors (Lipinski definition) is 4. The first-order valence-corrected chi connectivity index (χ1v) is 6.23. The van der Waals surface area contributed by atoms with Crippen LogP contribution in [0.4, 0.5) is 5.69 Å². The van der Waals surface area contributed by atoms with Gasteiger partial charge in [-0.25, -0.2) is 9.97 Å². The highest BCUT2D eigenvalue weighted by Gasteiger charge is 2.17. The van der Waals surface area contributed by atoms with Crippen molar-refractivity contribution in [3.63, 3.8) is 0 Å². The predicted octanol–water partition coefficient (Wildman–Crippen LogP) is 2.12. The van der Waals surface area contributed by atoms with Crippen molar-refractivity contribution < 1.29 is 0 Å². The van der Waals surface area contributed by atoms with Crippen molar-refractivity contribution in [1.82, 2.24) is 15.3 Å². The molecule has 2 aromatic rings. The second-order valence-electron chi connectivity index (χ2n) is 4.49. The Hall–Kier alpha value is -1.94. The van der Waals surface area contributed by atoms with Crippen molar-refractivity contribution in [2.75, 3.05) is 11.9 Å². The number of fused-ring (bicyclic) bond motifs is 1. The van der Waals surface area contributed by atoms with E-state index in [1.165, 1.54) is 11.1 Å². The molecule has 1 atom stereocenters. The molecule has 18 heavy (non-hydrogen) atoms. The minimum atomic E-state index is 0.321. The molecule has 0 aliphatic carbocycles. The number of hydrogen-bond donors (Lipinski definition) is 2. The Kier molecular flexibility index (Phi) is 3.19. The highest BCUT2D eigenvalue weighted by molar-refractivity contribution is 5.43. The number of nitrogens with one attached hydrogen (secondary N) is 2. The minimum absolute atomic E-state index is 0.321. The van der Waals surface area contributed by atoms with Crippen molar-refractivity contribution in [2.45, 2.75) is 19.0 Å². The van der Waals surface area contributed by atoms with Gasteiger partial charge >= 0.3 is 0 Å². The van der Waals surface area contributed by atoms with E-state index in [0.717, 1.165) is 25.2 Å². The summed E-state index contributed by atoms with van der Waals surface area (Å²) < 4.78 is 0. The Bertz CT molecular complexity index is 512. The van der Waals surface area contributed by atoms with Crippen LogP contribution in [0.5, 0.6) is 0 Å². The standard InChI is InChI=1S/C14H16N4/c1-2-4-13-11(3-1)7-15-6-5-14(13)18-12-8-16-10-17-9-12/h1-4,8-10,14-15,18H,5-7H2. The average molecular weight is 240 g/mol. The summed E-state index contributed by atoms with van der Waals surface area (Å²) in [5.74, 6) is 0. The molecule has 0 fully saturated rings. The molecule has 0 bridgehead atoms. The number of aromatic nitrogens is 2. The molecule has 4 nitrogen and oxygen atoms in total. The largest absolute Gasteiger partial charge is 0.376 e. The number of rotatable bonds is 2. The maximum absolute atomic E-state index is 4.04. The van der Waals surface area contributed by atoms with E-state index in [4.69, 9.17) is 0 Å². The van der Waals surface area contributed by atoms with Crippen LogP contribution < -0.4 is 10.6 Å². The molecule has 1 aliphatic heterocycles. The topological polar surface area (TPSA) is 49.8 Å². The molecule has 2 heterocycles. The summed E-state index contributed by atoms with van der Waals surface area (Å²) >= 11 is 0. The summed E-state index contributed by atoms with van der Waals surface area (Å²) in [7, 11) is 0. The molecule has 1 aliphatic rings. The van der Waals surface area contributed by atoms with E-state index in [-0.39, 0.29) is 0 Å². The SMILES string of the molecule is c1ccc2c(c1)CNCCC2Nc1cncnc1. The quantitative estimate of drug-likeness (QED) is 0.844. The minimum Gasteiger partial charge on any atom is -0.376 e. The fraction of sp³-hybridized carbons (Fsp3) is 0.286. The summed E-state index contributed by atoms with van der Waals surface area (Å²) in [4.78, 5) is 8.08.